The van der Waals surface area contributed by atoms with E-state index in [-0.39, 0.29) is 5.69 Å². The average molecular weight is 505 g/mol. The molecule has 0 spiro atoms. The summed E-state index contributed by atoms with van der Waals surface area (Å²) >= 11 is 1.19. The van der Waals surface area contributed by atoms with Crippen LogP contribution < -0.4 is 16.0 Å². The van der Waals surface area contributed by atoms with E-state index in [1.807, 2.05) is 0 Å². The molecule has 0 aliphatic rings. The zero-order valence-corrected chi connectivity index (χ0v) is 19.4. The van der Waals surface area contributed by atoms with E-state index in [0.717, 1.165) is 11.7 Å². The third kappa shape index (κ3) is 4.56. The molecule has 0 N–H and O–H groups in total. The normalized spacial score (nSPS) is 12.5. The number of ether oxygens (including phenoxy) is 2. The van der Waals surface area contributed by atoms with E-state index in [1.165, 1.54) is 30.8 Å². The summed E-state index contributed by atoms with van der Waals surface area (Å²) in [4.78, 5) is 36.7. The molecule has 0 aliphatic carbocycles. The van der Waals surface area contributed by atoms with Crippen LogP contribution in [0.15, 0.2) is 58.1 Å². The standard InChI is InChI=1S/C23H18F3N3O5S/c1-12(21(31)33-3)34-15-7-4-13(5-8-15)20-16-10-14(6-9-17(16)35-27-20)29-19(30)11-18(23(24,25)26)28(2)22(29)32/h4-12H,1-3H3. The summed E-state index contributed by atoms with van der Waals surface area (Å²) in [5.41, 5.74) is -2.17. The number of aromatic nitrogens is 3. The van der Waals surface area contributed by atoms with Crippen molar-refractivity contribution in [2.24, 2.45) is 7.05 Å². The van der Waals surface area contributed by atoms with Crippen molar-refractivity contribution in [2.45, 2.75) is 19.2 Å². The quantitative estimate of drug-likeness (QED) is 0.384. The van der Waals surface area contributed by atoms with Crippen molar-refractivity contribution in [1.82, 2.24) is 13.5 Å². The maximum atomic E-state index is 13.2. The Balaban J connectivity index is 1.75. The summed E-state index contributed by atoms with van der Waals surface area (Å²) in [6.07, 6.45) is -5.64. The van der Waals surface area contributed by atoms with Gasteiger partial charge in [-0.1, -0.05) is 0 Å². The van der Waals surface area contributed by atoms with E-state index in [1.54, 1.807) is 37.3 Å². The van der Waals surface area contributed by atoms with Crippen LogP contribution in [0.1, 0.15) is 12.6 Å². The molecule has 0 fully saturated rings. The molecule has 182 valence electrons. The molecule has 4 rings (SSSR count). The second-order valence-corrected chi connectivity index (χ2v) is 8.37. The first-order chi connectivity index (χ1) is 16.5. The van der Waals surface area contributed by atoms with Gasteiger partial charge in [0.1, 0.15) is 11.4 Å². The van der Waals surface area contributed by atoms with E-state index in [2.05, 4.69) is 9.11 Å². The molecule has 0 bridgehead atoms. The number of hydrogen-bond acceptors (Lipinski definition) is 7. The molecule has 35 heavy (non-hydrogen) atoms. The van der Waals surface area contributed by atoms with Crippen LogP contribution in [0.25, 0.3) is 27.0 Å². The minimum Gasteiger partial charge on any atom is -0.479 e. The van der Waals surface area contributed by atoms with Gasteiger partial charge in [-0.2, -0.15) is 17.5 Å². The molecule has 0 aliphatic heterocycles. The van der Waals surface area contributed by atoms with Crippen LogP contribution in [0.3, 0.4) is 0 Å². The van der Waals surface area contributed by atoms with Gasteiger partial charge in [0.2, 0.25) is 0 Å². The molecule has 4 aromatic rings. The van der Waals surface area contributed by atoms with Gasteiger partial charge in [0.25, 0.3) is 5.56 Å². The number of benzene rings is 2. The molecule has 1 atom stereocenters. The number of carbonyl (C=O) groups is 1. The maximum absolute atomic E-state index is 13.2. The fraction of sp³-hybridized carbons (Fsp3) is 0.217. The van der Waals surface area contributed by atoms with Gasteiger partial charge in [0.15, 0.2) is 6.10 Å². The summed E-state index contributed by atoms with van der Waals surface area (Å²) in [7, 11) is 2.23. The predicted molar refractivity (Wildman–Crippen MR) is 123 cm³/mol. The summed E-state index contributed by atoms with van der Waals surface area (Å²) in [6.45, 7) is 1.56. The zero-order chi connectivity index (χ0) is 25.5. The first kappa shape index (κ1) is 24.2. The highest BCUT2D eigenvalue weighted by Gasteiger charge is 2.35. The van der Waals surface area contributed by atoms with E-state index >= 15 is 0 Å². The molecular weight excluding hydrogens is 487 g/mol. The highest BCUT2D eigenvalue weighted by atomic mass is 32.1. The fourth-order valence-corrected chi connectivity index (χ4v) is 4.30. The molecule has 2 heterocycles. The van der Waals surface area contributed by atoms with Gasteiger partial charge < -0.3 is 9.47 Å². The second-order valence-electron chi connectivity index (χ2n) is 7.56. The van der Waals surface area contributed by atoms with Crippen LogP contribution in [0.4, 0.5) is 13.2 Å². The fourth-order valence-electron chi connectivity index (χ4n) is 3.52. The number of rotatable bonds is 5. The molecule has 0 radical (unpaired) electrons. The third-order valence-electron chi connectivity index (χ3n) is 5.30. The first-order valence-corrected chi connectivity index (χ1v) is 10.9. The Kier molecular flexibility index (Phi) is 6.24. The number of nitrogens with zero attached hydrogens (tertiary/aromatic N) is 3. The number of alkyl halides is 3. The third-order valence-corrected chi connectivity index (χ3v) is 6.12. The largest absolute Gasteiger partial charge is 0.479 e. The van der Waals surface area contributed by atoms with Crippen LogP contribution in [-0.4, -0.2) is 32.7 Å². The van der Waals surface area contributed by atoms with E-state index in [4.69, 9.17) is 4.74 Å². The van der Waals surface area contributed by atoms with Crippen molar-refractivity contribution >= 4 is 27.6 Å². The molecule has 0 amide bonds. The van der Waals surface area contributed by atoms with Crippen molar-refractivity contribution in [2.75, 3.05) is 7.11 Å². The smallest absolute Gasteiger partial charge is 0.431 e. The lowest BCUT2D eigenvalue weighted by atomic mass is 10.1. The highest BCUT2D eigenvalue weighted by molar-refractivity contribution is 7.13. The Morgan fingerprint density at radius 3 is 2.40 bits per heavy atom. The van der Waals surface area contributed by atoms with Crippen molar-refractivity contribution < 1.29 is 27.4 Å². The molecule has 2 aromatic carbocycles. The van der Waals surface area contributed by atoms with E-state index in [0.29, 0.717) is 37.6 Å². The number of hydrogen-bond donors (Lipinski definition) is 0. The summed E-state index contributed by atoms with van der Waals surface area (Å²) < 4.78 is 55.9. The van der Waals surface area contributed by atoms with Gasteiger partial charge in [-0.15, -0.1) is 0 Å². The van der Waals surface area contributed by atoms with Crippen molar-refractivity contribution in [3.05, 3.63) is 75.1 Å². The van der Waals surface area contributed by atoms with E-state index < -0.39 is 35.2 Å². The van der Waals surface area contributed by atoms with E-state index in [9.17, 15) is 27.6 Å². The van der Waals surface area contributed by atoms with Crippen molar-refractivity contribution in [3.8, 4) is 22.7 Å². The SMILES string of the molecule is COC(=O)C(C)Oc1ccc(-c2nsc3ccc(-n4c(=O)cc(C(F)(F)F)n(C)c4=O)cc23)cc1. The van der Waals surface area contributed by atoms with Crippen molar-refractivity contribution in [3.63, 3.8) is 0 Å². The average Bonchev–Trinajstić information content (AvgIpc) is 3.24. The van der Waals surface area contributed by atoms with Gasteiger partial charge in [0, 0.05) is 24.1 Å². The molecule has 8 nitrogen and oxygen atoms in total. The molecule has 12 heteroatoms. The minimum absolute atomic E-state index is 0.116. The molecule has 0 saturated heterocycles. The molecular formula is C23H18F3N3O5S. The zero-order valence-electron chi connectivity index (χ0n) is 18.6. The lowest BCUT2D eigenvalue weighted by molar-refractivity contribution is -0.148. The van der Waals surface area contributed by atoms with Crippen LogP contribution in [-0.2, 0) is 22.8 Å². The Morgan fingerprint density at radius 2 is 1.77 bits per heavy atom. The summed E-state index contributed by atoms with van der Waals surface area (Å²) in [6, 6.07) is 11.8. The van der Waals surface area contributed by atoms with Gasteiger partial charge in [-0.25, -0.2) is 14.2 Å². The molecule has 1 unspecified atom stereocenters. The monoisotopic (exact) mass is 505 g/mol. The first-order valence-electron chi connectivity index (χ1n) is 10.2. The number of esters is 1. The van der Waals surface area contributed by atoms with Crippen LogP contribution in [0, 0.1) is 0 Å². The van der Waals surface area contributed by atoms with Gasteiger partial charge >= 0.3 is 17.8 Å². The number of fused-ring (bicyclic) bond motifs is 1. The maximum Gasteiger partial charge on any atom is 0.431 e. The Morgan fingerprint density at radius 1 is 1.09 bits per heavy atom. The summed E-state index contributed by atoms with van der Waals surface area (Å²) in [5.74, 6) is -0.0802. The molecule has 2 aromatic heterocycles. The second kappa shape index (κ2) is 9.02. The lowest BCUT2D eigenvalue weighted by Crippen LogP contribution is -2.40. The summed E-state index contributed by atoms with van der Waals surface area (Å²) in [5, 5.41) is 0.609. The van der Waals surface area contributed by atoms with Gasteiger partial charge in [-0.05, 0) is 60.9 Å². The van der Waals surface area contributed by atoms with Crippen LogP contribution in [0.2, 0.25) is 0 Å². The Bertz CT molecular complexity index is 1540. The Labute approximate surface area is 199 Å². The van der Waals surface area contributed by atoms with Crippen LogP contribution >= 0.6 is 11.5 Å². The number of halogens is 3. The number of carbonyl (C=O) groups excluding carboxylic acids is 1. The number of methoxy groups -OCH3 is 1. The molecule has 0 saturated carbocycles. The van der Waals surface area contributed by atoms with Crippen LogP contribution in [0.5, 0.6) is 5.75 Å². The van der Waals surface area contributed by atoms with Crippen molar-refractivity contribution in [1.29, 1.82) is 0 Å². The highest BCUT2D eigenvalue weighted by Crippen LogP contribution is 2.33. The minimum atomic E-state index is -4.84. The topological polar surface area (TPSA) is 92.4 Å². The Hall–Kier alpha value is -3.93. The predicted octanol–water partition coefficient (Wildman–Crippen LogP) is 3.77. The van der Waals surface area contributed by atoms with Gasteiger partial charge in [-0.3, -0.25) is 9.36 Å². The van der Waals surface area contributed by atoms with Gasteiger partial charge in [0.05, 0.1) is 23.2 Å². The lowest BCUT2D eigenvalue weighted by Gasteiger charge is -2.14.